The third kappa shape index (κ3) is 19.8. The van der Waals surface area contributed by atoms with E-state index in [4.69, 9.17) is 14.2 Å². The number of carboxylic acid groups (broad SMARTS) is 1. The molecule has 19 nitrogen and oxygen atoms in total. The fourth-order valence-corrected chi connectivity index (χ4v) is 8.97. The van der Waals surface area contributed by atoms with Crippen molar-refractivity contribution in [1.29, 1.82) is 0 Å². The van der Waals surface area contributed by atoms with Crippen molar-refractivity contribution in [2.75, 3.05) is 58.9 Å². The number of ether oxygens (including phenoxy) is 3. The van der Waals surface area contributed by atoms with Crippen LogP contribution in [0.4, 0.5) is 5.69 Å². The third-order valence-electron chi connectivity index (χ3n) is 12.1. The van der Waals surface area contributed by atoms with Crippen LogP contribution in [0.1, 0.15) is 114 Å². The molecule has 0 spiro atoms. The average molecular weight is 1050 g/mol. The molecule has 2 aromatic rings. The number of phenolic OH excluding ortho intramolecular Hbond substituents is 1. The van der Waals surface area contributed by atoms with E-state index in [-0.39, 0.29) is 105 Å². The Kier molecular flexibility index (Phi) is 25.3. The average Bonchev–Trinajstić information content (AvgIpc) is 3.80. The molecule has 1 aromatic heterocycles. The van der Waals surface area contributed by atoms with Crippen molar-refractivity contribution in [3.8, 4) is 5.75 Å². The lowest BCUT2D eigenvalue weighted by molar-refractivity contribution is -0.149. The Hall–Kier alpha value is -4.96. The number of esters is 1. The van der Waals surface area contributed by atoms with Crippen LogP contribution in [0.25, 0.3) is 0 Å². The van der Waals surface area contributed by atoms with Crippen LogP contribution in [0.3, 0.4) is 0 Å². The minimum absolute atomic E-state index is 0.0114. The van der Waals surface area contributed by atoms with Crippen LogP contribution in [-0.4, -0.2) is 144 Å². The fourth-order valence-electron chi connectivity index (χ4n) is 7.90. The number of anilines is 1. The molecule has 2 heterocycles. The number of phenols is 1. The number of aromatic nitrogens is 1. The van der Waals surface area contributed by atoms with Gasteiger partial charge in [0.05, 0.1) is 50.5 Å². The molecule has 1 fully saturated rings. The maximum atomic E-state index is 14.3. The summed E-state index contributed by atoms with van der Waals surface area (Å²) in [5, 5.41) is 33.5. The van der Waals surface area contributed by atoms with Gasteiger partial charge in [0.2, 0.25) is 23.6 Å². The van der Waals surface area contributed by atoms with Gasteiger partial charge in [-0.2, -0.15) is 0 Å². The molecule has 0 radical (unpaired) electrons. The zero-order valence-corrected chi connectivity index (χ0v) is 43.5. The normalized spacial score (nSPS) is 16.7. The molecule has 3 rings (SSSR count). The number of carboxylic acids is 1. The highest BCUT2D eigenvalue weighted by molar-refractivity contribution is 9.11. The van der Waals surface area contributed by atoms with Crippen molar-refractivity contribution >= 4 is 74.4 Å². The van der Waals surface area contributed by atoms with Crippen molar-refractivity contribution < 1.29 is 58.0 Å². The van der Waals surface area contributed by atoms with Crippen LogP contribution < -0.4 is 21.3 Å². The number of amides is 5. The highest BCUT2D eigenvalue weighted by atomic mass is 79.9. The number of rotatable bonds is 29. The van der Waals surface area contributed by atoms with Crippen molar-refractivity contribution in [1.82, 2.24) is 30.7 Å². The van der Waals surface area contributed by atoms with Gasteiger partial charge in [-0.15, -0.1) is 11.3 Å². The van der Waals surface area contributed by atoms with Gasteiger partial charge < -0.3 is 50.6 Å². The van der Waals surface area contributed by atoms with Gasteiger partial charge in [-0.3, -0.25) is 38.5 Å². The SMILES string of the molecule is CC[C@H](C)[C@H](NC(=O)C1CCCCN1C)C(=O)N(C)[C@H](C[C@@H](OC(C)=O)c1nc(C(=O)N[C@@H](Cc2ccc(O)c(NC(=O)CCOCCOCCNC(=O)/C=C/Br)c2)CC(C)C(=O)O)cs1)C(C)C. The van der Waals surface area contributed by atoms with Crippen LogP contribution in [0.2, 0.25) is 0 Å². The van der Waals surface area contributed by atoms with Crippen LogP contribution in [0.15, 0.2) is 34.6 Å². The molecular weight excluding hydrogens is 979 g/mol. The molecule has 2 unspecified atom stereocenters. The monoisotopic (exact) mass is 1050 g/mol. The Bertz CT molecular complexity index is 2050. The van der Waals surface area contributed by atoms with E-state index in [1.54, 1.807) is 24.1 Å². The number of nitrogens with one attached hydrogen (secondary N) is 4. The molecule has 1 aliphatic heterocycles. The van der Waals surface area contributed by atoms with E-state index >= 15 is 0 Å². The van der Waals surface area contributed by atoms with E-state index in [0.717, 1.165) is 30.7 Å². The Morgan fingerprint density at radius 1 is 1.01 bits per heavy atom. The van der Waals surface area contributed by atoms with Gasteiger partial charge in [0.15, 0.2) is 6.10 Å². The molecule has 1 aromatic carbocycles. The molecule has 69 heavy (non-hydrogen) atoms. The van der Waals surface area contributed by atoms with Crippen molar-refractivity contribution in [2.45, 2.75) is 123 Å². The van der Waals surface area contributed by atoms with Crippen LogP contribution >= 0.6 is 27.3 Å². The first-order chi connectivity index (χ1) is 32.7. The molecular formula is C48H72BrN7O12S. The number of nitrogens with zero attached hydrogens (tertiary/aromatic N) is 3. The maximum Gasteiger partial charge on any atom is 0.306 e. The molecule has 0 aliphatic carbocycles. The van der Waals surface area contributed by atoms with E-state index in [2.05, 4.69) is 42.2 Å². The summed E-state index contributed by atoms with van der Waals surface area (Å²) < 4.78 is 16.7. The summed E-state index contributed by atoms with van der Waals surface area (Å²) in [6, 6.07) is 2.25. The number of aromatic hydroxyl groups is 1. The number of thiazole rings is 1. The van der Waals surface area contributed by atoms with Gasteiger partial charge >= 0.3 is 11.9 Å². The van der Waals surface area contributed by atoms with E-state index in [1.165, 1.54) is 36.4 Å². The minimum Gasteiger partial charge on any atom is -0.506 e. The lowest BCUT2D eigenvalue weighted by Crippen LogP contribution is -2.58. The van der Waals surface area contributed by atoms with Crippen LogP contribution in [-0.2, 0) is 49.4 Å². The van der Waals surface area contributed by atoms with E-state index in [9.17, 15) is 43.8 Å². The second-order valence-corrected chi connectivity index (χ2v) is 19.3. The maximum absolute atomic E-state index is 14.3. The largest absolute Gasteiger partial charge is 0.506 e. The summed E-state index contributed by atoms with van der Waals surface area (Å²) in [5.74, 6) is -4.69. The minimum atomic E-state index is -1.06. The molecule has 1 aliphatic rings. The number of likely N-dealkylation sites (N-methyl/N-ethyl adjacent to an activating group) is 2. The van der Waals surface area contributed by atoms with Crippen molar-refractivity contribution in [3.05, 3.63) is 50.9 Å². The van der Waals surface area contributed by atoms with Gasteiger partial charge in [-0.1, -0.05) is 69.5 Å². The first-order valence-corrected chi connectivity index (χ1v) is 25.3. The molecule has 0 saturated carbocycles. The zero-order chi connectivity index (χ0) is 51.2. The highest BCUT2D eigenvalue weighted by Gasteiger charge is 2.37. The van der Waals surface area contributed by atoms with Crippen LogP contribution in [0.5, 0.6) is 5.75 Å². The summed E-state index contributed by atoms with van der Waals surface area (Å²) in [6.45, 7) is 12.6. The van der Waals surface area contributed by atoms with E-state index in [0.29, 0.717) is 30.0 Å². The Balaban J connectivity index is 1.71. The number of carbonyl (C=O) groups is 7. The number of hydrogen-bond donors (Lipinski definition) is 6. The first kappa shape index (κ1) is 58.4. The standard InChI is InChI=1S/C48H72BrN7O12S/c1-9-30(4)43(54-45(62)37-12-10-11-19-55(37)7)47(63)56(8)38(29(2)3)27-40(68-32(6)57)46-53-36(28-69-46)44(61)51-34(24-31(5)48(64)65)25-33-13-14-39(58)35(26-33)52-42(60)16-20-66-22-23-67-21-18-50-41(59)15-17-49/h13-15,17,26,28-31,34,37-38,40,43,58H,9-12,16,18-25,27H2,1-8H3,(H,50,59)(H,51,61)(H,52,60)(H,54,62)(H,64,65)/b17-15+/t30-,31?,34+,37?,38+,40+,43-/m0/s1. The molecule has 1 saturated heterocycles. The smallest absolute Gasteiger partial charge is 0.306 e. The van der Waals surface area contributed by atoms with Gasteiger partial charge in [0.1, 0.15) is 22.5 Å². The number of aliphatic carboxylic acids is 1. The summed E-state index contributed by atoms with van der Waals surface area (Å²) in [4.78, 5) is 100.0. The first-order valence-electron chi connectivity index (χ1n) is 23.5. The summed E-state index contributed by atoms with van der Waals surface area (Å²) in [7, 11) is 3.61. The number of benzene rings is 1. The molecule has 384 valence electrons. The predicted octanol–water partition coefficient (Wildman–Crippen LogP) is 5.18. The Morgan fingerprint density at radius 2 is 1.72 bits per heavy atom. The zero-order valence-electron chi connectivity index (χ0n) is 41.1. The topological polar surface area (TPSA) is 255 Å². The second kappa shape index (κ2) is 29.9. The second-order valence-electron chi connectivity index (χ2n) is 17.8. The fraction of sp³-hybridized carbons (Fsp3) is 0.625. The third-order valence-corrected chi connectivity index (χ3v) is 13.3. The van der Waals surface area contributed by atoms with Crippen molar-refractivity contribution in [2.24, 2.45) is 17.8 Å². The Morgan fingerprint density at radius 3 is 2.36 bits per heavy atom. The predicted molar refractivity (Wildman–Crippen MR) is 265 cm³/mol. The number of likely N-dealkylation sites (tertiary alicyclic amines) is 1. The molecule has 21 heteroatoms. The Labute approximate surface area is 418 Å². The number of hydrogen-bond acceptors (Lipinski definition) is 14. The lowest BCUT2D eigenvalue weighted by Gasteiger charge is -2.38. The number of halogens is 1. The van der Waals surface area contributed by atoms with Gasteiger partial charge in [0, 0.05) is 50.5 Å². The highest BCUT2D eigenvalue weighted by Crippen LogP contribution is 2.32. The summed E-state index contributed by atoms with van der Waals surface area (Å²) in [5.41, 5.74) is 0.717. The molecule has 5 amide bonds. The summed E-state index contributed by atoms with van der Waals surface area (Å²) >= 11 is 4.13. The van der Waals surface area contributed by atoms with Gasteiger partial charge in [0.25, 0.3) is 5.91 Å². The van der Waals surface area contributed by atoms with Crippen LogP contribution in [0, 0.1) is 17.8 Å². The molecule has 0 bridgehead atoms. The number of carbonyl (C=O) groups excluding carboxylic acids is 6. The van der Waals surface area contributed by atoms with Gasteiger partial charge in [-0.05, 0) is 73.8 Å². The number of piperidine rings is 1. The van der Waals surface area contributed by atoms with Crippen molar-refractivity contribution in [3.63, 3.8) is 0 Å². The summed E-state index contributed by atoms with van der Waals surface area (Å²) in [6.07, 6.45) is 4.01. The quantitative estimate of drug-likeness (QED) is 0.0266. The molecule has 7 atom stereocenters. The van der Waals surface area contributed by atoms with E-state index in [1.807, 2.05) is 39.6 Å². The molecule has 6 N–H and O–H groups in total. The van der Waals surface area contributed by atoms with E-state index < -0.39 is 53.9 Å². The van der Waals surface area contributed by atoms with Gasteiger partial charge in [-0.25, -0.2) is 4.98 Å². The lowest BCUT2D eigenvalue weighted by atomic mass is 9.92.